The molecule has 1 unspecified atom stereocenters. The highest BCUT2D eigenvalue weighted by Gasteiger charge is 2.32. The molecule has 3 rings (SSSR count). The van der Waals surface area contributed by atoms with Crippen molar-refractivity contribution in [3.05, 3.63) is 48.0 Å². The van der Waals surface area contributed by atoms with Gasteiger partial charge in [0.2, 0.25) is 0 Å². The van der Waals surface area contributed by atoms with Crippen molar-refractivity contribution in [2.24, 2.45) is 10.8 Å². The van der Waals surface area contributed by atoms with Gasteiger partial charge in [-0.25, -0.2) is 0 Å². The van der Waals surface area contributed by atoms with Crippen LogP contribution in [-0.4, -0.2) is 0 Å². The number of hydrogen-bond donors (Lipinski definition) is 0. The summed E-state index contributed by atoms with van der Waals surface area (Å²) >= 11 is 0. The van der Waals surface area contributed by atoms with Gasteiger partial charge in [-0.15, -0.1) is 0 Å². The molecule has 122 valence electrons. The molecule has 0 N–H and O–H groups in total. The average molecular weight is 308 g/mol. The fourth-order valence-electron chi connectivity index (χ4n) is 3.54. The van der Waals surface area contributed by atoms with Gasteiger partial charge in [-0.3, -0.25) is 0 Å². The lowest BCUT2D eigenvalue weighted by atomic mass is 9.69. The van der Waals surface area contributed by atoms with Crippen LogP contribution in [-0.2, 0) is 0 Å². The van der Waals surface area contributed by atoms with E-state index < -0.39 is 0 Å². The number of furan rings is 1. The summed E-state index contributed by atoms with van der Waals surface area (Å²) in [6.45, 7) is 14.0. The Morgan fingerprint density at radius 2 is 1.48 bits per heavy atom. The molecular formula is C22H28O. The first kappa shape index (κ1) is 16.1. The maximum atomic E-state index is 6.27. The third-order valence-corrected chi connectivity index (χ3v) is 4.67. The maximum Gasteiger partial charge on any atom is 0.138 e. The standard InChI is InChI=1S/C22H28O/c1-21(2,3)14-18(22(4,5)6)17-12-9-11-16-15-10-7-8-13-19(15)23-20(16)17/h7-13,18H,14H2,1-6H3. The first-order valence-corrected chi connectivity index (χ1v) is 8.57. The van der Waals surface area contributed by atoms with Crippen LogP contribution in [0.15, 0.2) is 46.9 Å². The van der Waals surface area contributed by atoms with Gasteiger partial charge < -0.3 is 4.42 Å². The lowest BCUT2D eigenvalue weighted by Crippen LogP contribution is -2.24. The van der Waals surface area contributed by atoms with Gasteiger partial charge in [-0.1, -0.05) is 77.9 Å². The molecule has 0 aliphatic carbocycles. The fourth-order valence-corrected chi connectivity index (χ4v) is 3.54. The quantitative estimate of drug-likeness (QED) is 0.490. The largest absolute Gasteiger partial charge is 0.456 e. The van der Waals surface area contributed by atoms with Crippen LogP contribution < -0.4 is 0 Å². The number of para-hydroxylation sites is 2. The summed E-state index contributed by atoms with van der Waals surface area (Å²) in [7, 11) is 0. The summed E-state index contributed by atoms with van der Waals surface area (Å²) in [5.41, 5.74) is 3.88. The number of rotatable bonds is 2. The Hall–Kier alpha value is -1.76. The van der Waals surface area contributed by atoms with Crippen molar-refractivity contribution < 1.29 is 4.42 Å². The van der Waals surface area contributed by atoms with Crippen molar-refractivity contribution in [1.82, 2.24) is 0 Å². The van der Waals surface area contributed by atoms with Crippen molar-refractivity contribution >= 4 is 21.9 Å². The summed E-state index contributed by atoms with van der Waals surface area (Å²) in [4.78, 5) is 0. The van der Waals surface area contributed by atoms with E-state index in [1.165, 1.54) is 16.3 Å². The lowest BCUT2D eigenvalue weighted by molar-refractivity contribution is 0.229. The highest BCUT2D eigenvalue weighted by atomic mass is 16.3. The second kappa shape index (κ2) is 5.40. The van der Waals surface area contributed by atoms with Gasteiger partial charge in [0.1, 0.15) is 11.2 Å². The third-order valence-electron chi connectivity index (χ3n) is 4.67. The van der Waals surface area contributed by atoms with E-state index >= 15 is 0 Å². The number of fused-ring (bicyclic) bond motifs is 3. The molecule has 23 heavy (non-hydrogen) atoms. The highest BCUT2D eigenvalue weighted by molar-refractivity contribution is 6.05. The molecule has 0 aliphatic rings. The van der Waals surface area contributed by atoms with Crippen LogP contribution >= 0.6 is 0 Å². The van der Waals surface area contributed by atoms with E-state index in [-0.39, 0.29) is 10.8 Å². The smallest absolute Gasteiger partial charge is 0.138 e. The van der Waals surface area contributed by atoms with Gasteiger partial charge in [0.15, 0.2) is 0 Å². The van der Waals surface area contributed by atoms with Crippen LogP contribution in [0.1, 0.15) is 59.4 Å². The molecule has 1 atom stereocenters. The molecular weight excluding hydrogens is 280 g/mol. The van der Waals surface area contributed by atoms with Crippen LogP contribution in [0.25, 0.3) is 21.9 Å². The summed E-state index contributed by atoms with van der Waals surface area (Å²) in [5, 5.41) is 2.45. The van der Waals surface area contributed by atoms with E-state index in [9.17, 15) is 0 Å². The lowest BCUT2D eigenvalue weighted by Gasteiger charge is -2.36. The molecule has 0 aliphatic heterocycles. The monoisotopic (exact) mass is 308 g/mol. The predicted octanol–water partition coefficient (Wildman–Crippen LogP) is 7.15. The summed E-state index contributed by atoms with van der Waals surface area (Å²) in [6.07, 6.45) is 1.15. The van der Waals surface area contributed by atoms with Crippen LogP contribution in [0.4, 0.5) is 0 Å². The molecule has 0 radical (unpaired) electrons. The van der Waals surface area contributed by atoms with E-state index in [4.69, 9.17) is 4.42 Å². The van der Waals surface area contributed by atoms with Gasteiger partial charge in [0, 0.05) is 10.8 Å². The van der Waals surface area contributed by atoms with Crippen LogP contribution in [0.5, 0.6) is 0 Å². The van der Waals surface area contributed by atoms with Crippen LogP contribution in [0.3, 0.4) is 0 Å². The zero-order valence-corrected chi connectivity index (χ0v) is 15.2. The number of hydrogen-bond acceptors (Lipinski definition) is 1. The normalized spacial score (nSPS) is 14.5. The number of benzene rings is 2. The molecule has 1 heteroatoms. The maximum absolute atomic E-state index is 6.27. The van der Waals surface area contributed by atoms with E-state index in [0.29, 0.717) is 5.92 Å². The molecule has 0 amide bonds. The van der Waals surface area contributed by atoms with Crippen LogP contribution in [0.2, 0.25) is 0 Å². The Morgan fingerprint density at radius 3 is 2.13 bits per heavy atom. The van der Waals surface area contributed by atoms with E-state index in [1.807, 2.05) is 6.07 Å². The molecule has 0 fully saturated rings. The van der Waals surface area contributed by atoms with Crippen molar-refractivity contribution in [3.63, 3.8) is 0 Å². The van der Waals surface area contributed by atoms with E-state index in [2.05, 4.69) is 77.9 Å². The van der Waals surface area contributed by atoms with Gasteiger partial charge in [-0.2, -0.15) is 0 Å². The van der Waals surface area contributed by atoms with Crippen molar-refractivity contribution in [2.45, 2.75) is 53.9 Å². The van der Waals surface area contributed by atoms with Gasteiger partial charge in [-0.05, 0) is 34.8 Å². The predicted molar refractivity (Wildman–Crippen MR) is 100.0 cm³/mol. The van der Waals surface area contributed by atoms with Gasteiger partial charge in [0.05, 0.1) is 0 Å². The van der Waals surface area contributed by atoms with Crippen molar-refractivity contribution in [2.75, 3.05) is 0 Å². The first-order chi connectivity index (χ1) is 10.7. The molecule has 0 bridgehead atoms. The summed E-state index contributed by atoms with van der Waals surface area (Å²) in [5.74, 6) is 0.465. The average Bonchev–Trinajstić information content (AvgIpc) is 2.81. The molecule has 1 nitrogen and oxygen atoms in total. The second-order valence-corrected chi connectivity index (χ2v) is 9.01. The molecule has 0 spiro atoms. The summed E-state index contributed by atoms with van der Waals surface area (Å²) in [6, 6.07) is 15.0. The zero-order chi connectivity index (χ0) is 16.8. The minimum absolute atomic E-state index is 0.195. The van der Waals surface area contributed by atoms with Gasteiger partial charge in [0.25, 0.3) is 0 Å². The molecule has 0 saturated carbocycles. The first-order valence-electron chi connectivity index (χ1n) is 8.57. The van der Waals surface area contributed by atoms with Crippen LogP contribution in [0, 0.1) is 10.8 Å². The molecule has 3 aromatic rings. The Bertz CT molecular complexity index is 824. The van der Waals surface area contributed by atoms with Crippen molar-refractivity contribution in [1.29, 1.82) is 0 Å². The van der Waals surface area contributed by atoms with E-state index in [0.717, 1.165) is 17.6 Å². The highest BCUT2D eigenvalue weighted by Crippen LogP contribution is 2.46. The van der Waals surface area contributed by atoms with E-state index in [1.54, 1.807) is 0 Å². The molecule has 1 aromatic heterocycles. The Labute approximate surface area is 139 Å². The zero-order valence-electron chi connectivity index (χ0n) is 15.2. The Balaban J connectivity index is 2.24. The van der Waals surface area contributed by atoms with Crippen molar-refractivity contribution in [3.8, 4) is 0 Å². The summed E-state index contributed by atoms with van der Waals surface area (Å²) < 4.78 is 6.27. The third kappa shape index (κ3) is 3.15. The molecule has 0 saturated heterocycles. The minimum atomic E-state index is 0.195. The Morgan fingerprint density at radius 1 is 0.826 bits per heavy atom. The Kier molecular flexibility index (Phi) is 3.78. The van der Waals surface area contributed by atoms with Gasteiger partial charge >= 0.3 is 0 Å². The topological polar surface area (TPSA) is 13.1 Å². The molecule has 2 aromatic carbocycles. The second-order valence-electron chi connectivity index (χ2n) is 9.01. The SMILES string of the molecule is CC(C)(C)CC(c1cccc2c1oc1ccccc12)C(C)(C)C. The molecule has 1 heterocycles. The fraction of sp³-hybridized carbons (Fsp3) is 0.455. The minimum Gasteiger partial charge on any atom is -0.456 e.